The van der Waals surface area contributed by atoms with Crippen LogP contribution in [0.1, 0.15) is 22.3 Å². The normalized spacial score (nSPS) is 12.3. The van der Waals surface area contributed by atoms with Crippen LogP contribution in [0.3, 0.4) is 0 Å². The Morgan fingerprint density at radius 1 is 0.618 bits per heavy atom. The van der Waals surface area contributed by atoms with Crippen molar-refractivity contribution in [2.75, 3.05) is 0 Å². The third kappa shape index (κ3) is 2.84. The number of aryl methyl sites for hydroxylation is 1. The van der Waals surface area contributed by atoms with Gasteiger partial charge in [0.05, 0.1) is 0 Å². The zero-order valence-electron chi connectivity index (χ0n) is 19.4. The Morgan fingerprint density at radius 3 is 2.26 bits per heavy atom. The Bertz CT molecular complexity index is 1730. The third-order valence-electron chi connectivity index (χ3n) is 7.50. The zero-order chi connectivity index (χ0) is 22.8. The first-order chi connectivity index (χ1) is 16.7. The van der Waals surface area contributed by atoms with Gasteiger partial charge in [-0.15, -0.1) is 0 Å². The molecule has 0 nitrogen and oxygen atoms in total. The van der Waals surface area contributed by atoms with Crippen LogP contribution in [0.5, 0.6) is 0 Å². The Labute approximate surface area is 206 Å². The van der Waals surface area contributed by atoms with Gasteiger partial charge in [0, 0.05) is 0 Å². The first-order valence-corrected chi connectivity index (χ1v) is 13.6. The molecular formula is C33H24Se. The fourth-order valence-corrected chi connectivity index (χ4v) is 8.15. The molecule has 0 radical (unpaired) electrons. The second-order valence-corrected chi connectivity index (χ2v) is 11.7. The molecule has 0 amide bonds. The maximum atomic E-state index is 2.42. The number of hydrogen-bond donors (Lipinski definition) is 0. The van der Waals surface area contributed by atoms with Gasteiger partial charge >= 0.3 is 207 Å². The molecule has 5 aromatic carbocycles. The minimum absolute atomic E-state index is 0.355. The fraction of sp³-hybridized carbons (Fsp3) is 0.0909. The van der Waals surface area contributed by atoms with Gasteiger partial charge in [0.2, 0.25) is 0 Å². The van der Waals surface area contributed by atoms with Gasteiger partial charge < -0.3 is 0 Å². The van der Waals surface area contributed by atoms with Gasteiger partial charge in [-0.1, -0.05) is 0 Å². The summed E-state index contributed by atoms with van der Waals surface area (Å²) in [6, 6.07) is 36.2. The Hall–Kier alpha value is -3.38. The van der Waals surface area contributed by atoms with Crippen molar-refractivity contribution >= 4 is 33.8 Å². The van der Waals surface area contributed by atoms with Crippen molar-refractivity contribution in [2.45, 2.75) is 20.3 Å². The van der Waals surface area contributed by atoms with Crippen molar-refractivity contribution in [3.05, 3.63) is 119 Å². The molecule has 7 rings (SSSR count). The van der Waals surface area contributed by atoms with E-state index in [9.17, 15) is 0 Å². The van der Waals surface area contributed by atoms with E-state index in [-0.39, 0.29) is 0 Å². The fourth-order valence-electron chi connectivity index (χ4n) is 5.82. The predicted octanol–water partition coefficient (Wildman–Crippen LogP) is 8.57. The monoisotopic (exact) mass is 500 g/mol. The molecule has 1 aromatic heterocycles. The van der Waals surface area contributed by atoms with Crippen LogP contribution in [0.2, 0.25) is 0 Å². The molecule has 162 valence electrons. The first-order valence-electron chi connectivity index (χ1n) is 11.9. The van der Waals surface area contributed by atoms with E-state index in [1.165, 1.54) is 74.9 Å². The van der Waals surface area contributed by atoms with E-state index in [0.717, 1.165) is 6.42 Å². The van der Waals surface area contributed by atoms with E-state index in [1.54, 1.807) is 0 Å². The van der Waals surface area contributed by atoms with E-state index in [4.69, 9.17) is 0 Å². The van der Waals surface area contributed by atoms with Gasteiger partial charge in [-0.2, -0.15) is 0 Å². The van der Waals surface area contributed by atoms with E-state index in [2.05, 4.69) is 111 Å². The molecule has 0 saturated carbocycles. The van der Waals surface area contributed by atoms with Crippen molar-refractivity contribution in [1.29, 1.82) is 0 Å². The number of benzene rings is 5. The van der Waals surface area contributed by atoms with Gasteiger partial charge in [0.1, 0.15) is 0 Å². The second-order valence-electron chi connectivity index (χ2n) is 9.38. The van der Waals surface area contributed by atoms with Crippen molar-refractivity contribution in [3.8, 4) is 33.4 Å². The molecule has 0 N–H and O–H groups in total. The maximum absolute atomic E-state index is 2.42. The second kappa shape index (κ2) is 7.57. The Kier molecular flexibility index (Phi) is 4.46. The number of hydrogen-bond acceptors (Lipinski definition) is 0. The van der Waals surface area contributed by atoms with Crippen molar-refractivity contribution in [2.24, 2.45) is 0 Å². The van der Waals surface area contributed by atoms with E-state index >= 15 is 0 Å². The molecule has 0 spiro atoms. The summed E-state index contributed by atoms with van der Waals surface area (Å²) >= 11 is 0.355. The van der Waals surface area contributed by atoms with Crippen LogP contribution in [0.25, 0.3) is 52.7 Å². The molecule has 0 atom stereocenters. The average molecular weight is 500 g/mol. The Morgan fingerprint density at radius 2 is 1.38 bits per heavy atom. The van der Waals surface area contributed by atoms with Crippen molar-refractivity contribution < 1.29 is 0 Å². The summed E-state index contributed by atoms with van der Waals surface area (Å²) in [5.74, 6) is 0. The molecule has 1 heterocycles. The predicted molar refractivity (Wildman–Crippen MR) is 147 cm³/mol. The third-order valence-corrected chi connectivity index (χ3v) is 9.89. The van der Waals surface area contributed by atoms with Crippen LogP contribution in [0.15, 0.2) is 97.1 Å². The van der Waals surface area contributed by atoms with Gasteiger partial charge in [-0.05, 0) is 0 Å². The van der Waals surface area contributed by atoms with Crippen LogP contribution in [0.4, 0.5) is 0 Å². The molecule has 6 aromatic rings. The molecule has 0 unspecified atom stereocenters. The summed E-state index contributed by atoms with van der Waals surface area (Å²) in [6.45, 7) is 4.59. The molecule has 0 bridgehead atoms. The summed E-state index contributed by atoms with van der Waals surface area (Å²) in [4.78, 5) is 0. The van der Waals surface area contributed by atoms with Crippen molar-refractivity contribution in [3.63, 3.8) is 0 Å². The first kappa shape index (κ1) is 20.0. The number of fused-ring (bicyclic) bond motifs is 6. The van der Waals surface area contributed by atoms with E-state index in [1.807, 2.05) is 0 Å². The summed E-state index contributed by atoms with van der Waals surface area (Å²) in [5.41, 5.74) is 14.0. The minimum atomic E-state index is 0.355. The zero-order valence-corrected chi connectivity index (χ0v) is 21.1. The quantitative estimate of drug-likeness (QED) is 0.209. The SMILES string of the molecule is Cc1cc2c(c(-c3ccc4[se]c5ccccc5c4c3-c3ccccc3)c1C)Cc1ccccc1-2. The summed E-state index contributed by atoms with van der Waals surface area (Å²) in [7, 11) is 0. The Balaban J connectivity index is 1.64. The number of rotatable bonds is 2. The molecule has 0 aliphatic heterocycles. The molecule has 1 heteroatoms. The van der Waals surface area contributed by atoms with Crippen LogP contribution >= 0.6 is 0 Å². The molecule has 1 aliphatic carbocycles. The summed E-state index contributed by atoms with van der Waals surface area (Å²) in [6.07, 6.45) is 1.01. The van der Waals surface area contributed by atoms with Crippen LogP contribution in [0, 0.1) is 13.8 Å². The van der Waals surface area contributed by atoms with Gasteiger partial charge in [-0.25, -0.2) is 0 Å². The molecular weight excluding hydrogens is 475 g/mol. The van der Waals surface area contributed by atoms with E-state index < -0.39 is 0 Å². The molecule has 34 heavy (non-hydrogen) atoms. The van der Waals surface area contributed by atoms with Gasteiger partial charge in [0.25, 0.3) is 0 Å². The summed E-state index contributed by atoms with van der Waals surface area (Å²) < 4.78 is 3.00. The van der Waals surface area contributed by atoms with Gasteiger partial charge in [0.15, 0.2) is 0 Å². The standard InChI is InChI=1S/C33H24Se/c1-20-18-27-24-13-7-6-12-23(24)19-28(27)31(21(20)2)26-16-17-30-33(25-14-8-9-15-29(25)34-30)32(26)22-10-4-3-5-11-22/h3-18H,19H2,1-2H3. The average Bonchev–Trinajstić information content (AvgIpc) is 3.43. The van der Waals surface area contributed by atoms with E-state index in [0.29, 0.717) is 14.5 Å². The van der Waals surface area contributed by atoms with Crippen LogP contribution < -0.4 is 0 Å². The molecule has 0 fully saturated rings. The van der Waals surface area contributed by atoms with Crippen molar-refractivity contribution in [1.82, 2.24) is 0 Å². The van der Waals surface area contributed by atoms with Crippen LogP contribution in [-0.2, 0) is 6.42 Å². The summed E-state index contributed by atoms with van der Waals surface area (Å²) in [5, 5.41) is 2.87. The topological polar surface area (TPSA) is 0 Å². The molecule has 0 saturated heterocycles. The van der Waals surface area contributed by atoms with Crippen LogP contribution in [-0.4, -0.2) is 14.5 Å². The van der Waals surface area contributed by atoms with Gasteiger partial charge in [-0.3, -0.25) is 0 Å². The molecule has 1 aliphatic rings.